The smallest absolute Gasteiger partial charge is 0.387 e. The number of Topliss-reactive ketones (excluding diaryl/α,β-unsaturated/α-hetero) is 1. The first-order valence-corrected chi connectivity index (χ1v) is 10.1. The number of rotatable bonds is 8. The van der Waals surface area contributed by atoms with Crippen LogP contribution in [0, 0.1) is 6.92 Å². The largest absolute Gasteiger partial charge is 0.433 e. The molecule has 1 amide bonds. The molecule has 0 aliphatic carbocycles. The van der Waals surface area contributed by atoms with Gasteiger partial charge in [-0.3, -0.25) is 9.59 Å². The van der Waals surface area contributed by atoms with E-state index in [0.717, 1.165) is 11.1 Å². The van der Waals surface area contributed by atoms with Crippen molar-refractivity contribution in [2.45, 2.75) is 20.0 Å². The lowest BCUT2D eigenvalue weighted by molar-refractivity contribution is -0.114. The van der Waals surface area contributed by atoms with Gasteiger partial charge >= 0.3 is 6.61 Å². The van der Waals surface area contributed by atoms with Crippen LogP contribution in [0.5, 0.6) is 5.75 Å². The maximum absolute atomic E-state index is 12.7. The summed E-state index contributed by atoms with van der Waals surface area (Å²) >= 11 is 6.75. The van der Waals surface area contributed by atoms with E-state index in [1.807, 2.05) is 31.2 Å². The standard InChI is InChI=1S/C20H16ClF2N3O3S/c1-11-4-2-3-5-13(11)19-26-25-18(30-19)9-15(27)12-6-7-16(29-20(22)23)14(8-12)24-17(28)10-21/h2-8,20H,9-10H2,1H3,(H,24,28). The highest BCUT2D eigenvalue weighted by atomic mass is 35.5. The Bertz CT molecular complexity index is 1070. The van der Waals surface area contributed by atoms with E-state index >= 15 is 0 Å². The second kappa shape index (κ2) is 9.73. The number of anilines is 1. The third kappa shape index (κ3) is 5.37. The second-order valence-electron chi connectivity index (χ2n) is 6.19. The third-order valence-corrected chi connectivity index (χ3v) is 5.27. The van der Waals surface area contributed by atoms with Crippen LogP contribution < -0.4 is 10.1 Å². The molecule has 3 rings (SSSR count). The minimum Gasteiger partial charge on any atom is -0.433 e. The Kier molecular flexibility index (Phi) is 7.07. The SMILES string of the molecule is Cc1ccccc1-c1nnc(CC(=O)c2ccc(OC(F)F)c(NC(=O)CCl)c2)s1. The highest BCUT2D eigenvalue weighted by molar-refractivity contribution is 7.14. The molecule has 10 heteroatoms. The molecular weight excluding hydrogens is 436 g/mol. The van der Waals surface area contributed by atoms with Crippen molar-refractivity contribution in [2.24, 2.45) is 0 Å². The molecule has 1 aromatic heterocycles. The topological polar surface area (TPSA) is 81.2 Å². The molecule has 0 aliphatic rings. The Balaban J connectivity index is 1.80. The van der Waals surface area contributed by atoms with Gasteiger partial charge < -0.3 is 10.1 Å². The summed E-state index contributed by atoms with van der Waals surface area (Å²) in [5.41, 5.74) is 2.12. The normalized spacial score (nSPS) is 10.8. The van der Waals surface area contributed by atoms with E-state index < -0.39 is 12.5 Å². The molecule has 1 N–H and O–H groups in total. The van der Waals surface area contributed by atoms with Gasteiger partial charge in [-0.15, -0.1) is 21.8 Å². The number of aryl methyl sites for hydroxylation is 1. The fourth-order valence-corrected chi connectivity index (χ4v) is 3.67. The molecule has 0 saturated carbocycles. The molecule has 0 saturated heterocycles. The number of carbonyl (C=O) groups excluding carboxylic acids is 2. The molecule has 0 bridgehead atoms. The second-order valence-corrected chi connectivity index (χ2v) is 7.52. The zero-order valence-corrected chi connectivity index (χ0v) is 17.3. The highest BCUT2D eigenvalue weighted by Gasteiger charge is 2.17. The summed E-state index contributed by atoms with van der Waals surface area (Å²) in [5.74, 6) is -1.57. The lowest BCUT2D eigenvalue weighted by Crippen LogP contribution is -2.15. The maximum atomic E-state index is 12.7. The lowest BCUT2D eigenvalue weighted by atomic mass is 10.1. The van der Waals surface area contributed by atoms with Crippen LogP contribution in [0.4, 0.5) is 14.5 Å². The predicted molar refractivity (Wildman–Crippen MR) is 111 cm³/mol. The molecule has 156 valence electrons. The molecule has 3 aromatic rings. The van der Waals surface area contributed by atoms with E-state index in [2.05, 4.69) is 20.3 Å². The maximum Gasteiger partial charge on any atom is 0.387 e. The van der Waals surface area contributed by atoms with Gasteiger partial charge in [-0.25, -0.2) is 0 Å². The van der Waals surface area contributed by atoms with Gasteiger partial charge in [-0.1, -0.05) is 35.6 Å². The molecule has 2 aromatic carbocycles. The van der Waals surface area contributed by atoms with Gasteiger partial charge in [-0.2, -0.15) is 8.78 Å². The van der Waals surface area contributed by atoms with Crippen molar-refractivity contribution < 1.29 is 23.1 Å². The highest BCUT2D eigenvalue weighted by Crippen LogP contribution is 2.30. The fraction of sp³-hybridized carbons (Fsp3) is 0.200. The molecule has 0 aliphatic heterocycles. The monoisotopic (exact) mass is 451 g/mol. The van der Waals surface area contributed by atoms with Crippen molar-refractivity contribution in [2.75, 3.05) is 11.2 Å². The Morgan fingerprint density at radius 3 is 2.67 bits per heavy atom. The Hall–Kier alpha value is -2.91. The lowest BCUT2D eigenvalue weighted by Gasteiger charge is -2.12. The Labute approximate surface area is 179 Å². The van der Waals surface area contributed by atoms with Gasteiger partial charge in [0.25, 0.3) is 0 Å². The Morgan fingerprint density at radius 1 is 1.20 bits per heavy atom. The first-order chi connectivity index (χ1) is 14.4. The van der Waals surface area contributed by atoms with Crippen LogP contribution in [0.3, 0.4) is 0 Å². The molecule has 0 atom stereocenters. The summed E-state index contributed by atoms with van der Waals surface area (Å²) in [7, 11) is 0. The van der Waals surface area contributed by atoms with Crippen LogP contribution in [-0.4, -0.2) is 34.4 Å². The van der Waals surface area contributed by atoms with Crippen LogP contribution >= 0.6 is 22.9 Å². The summed E-state index contributed by atoms with van der Waals surface area (Å²) in [6.07, 6.45) is -0.0263. The first kappa shape index (κ1) is 21.8. The number of nitrogens with zero attached hydrogens (tertiary/aromatic N) is 2. The van der Waals surface area contributed by atoms with E-state index in [9.17, 15) is 18.4 Å². The molecule has 0 spiro atoms. The van der Waals surface area contributed by atoms with Crippen molar-refractivity contribution in [1.29, 1.82) is 0 Å². The zero-order chi connectivity index (χ0) is 21.7. The molecular formula is C20H16ClF2N3O3S. The van der Waals surface area contributed by atoms with Crippen molar-refractivity contribution in [3.05, 3.63) is 58.6 Å². The fourth-order valence-electron chi connectivity index (χ4n) is 2.67. The Morgan fingerprint density at radius 2 is 1.97 bits per heavy atom. The van der Waals surface area contributed by atoms with Gasteiger partial charge in [0.15, 0.2) is 5.78 Å². The molecule has 0 unspecified atom stereocenters. The number of alkyl halides is 3. The van der Waals surface area contributed by atoms with Crippen molar-refractivity contribution in [1.82, 2.24) is 10.2 Å². The molecule has 0 fully saturated rings. The van der Waals surface area contributed by atoms with Crippen LogP contribution in [0.1, 0.15) is 20.9 Å². The van der Waals surface area contributed by atoms with Crippen LogP contribution in [0.15, 0.2) is 42.5 Å². The number of nitrogens with one attached hydrogen (secondary N) is 1. The van der Waals surface area contributed by atoms with E-state index in [1.54, 1.807) is 0 Å². The summed E-state index contributed by atoms with van der Waals surface area (Å²) in [5, 5.41) is 11.8. The minimum absolute atomic E-state index is 0.0263. The third-order valence-electron chi connectivity index (χ3n) is 4.07. The average Bonchev–Trinajstić information content (AvgIpc) is 3.17. The van der Waals surface area contributed by atoms with Gasteiger partial charge in [-0.05, 0) is 30.7 Å². The van der Waals surface area contributed by atoms with E-state index in [-0.39, 0.29) is 35.1 Å². The van der Waals surface area contributed by atoms with Gasteiger partial charge in [0.05, 0.1) is 12.1 Å². The number of benzene rings is 2. The van der Waals surface area contributed by atoms with Crippen LogP contribution in [0.25, 0.3) is 10.6 Å². The number of amides is 1. The molecule has 6 nitrogen and oxygen atoms in total. The number of hydrogen-bond acceptors (Lipinski definition) is 6. The van der Waals surface area contributed by atoms with Gasteiger partial charge in [0, 0.05) is 11.1 Å². The van der Waals surface area contributed by atoms with Crippen LogP contribution in [0.2, 0.25) is 0 Å². The number of ketones is 1. The van der Waals surface area contributed by atoms with Crippen molar-refractivity contribution >= 4 is 40.3 Å². The van der Waals surface area contributed by atoms with Crippen molar-refractivity contribution in [3.63, 3.8) is 0 Å². The molecule has 0 radical (unpaired) electrons. The molecule has 1 heterocycles. The van der Waals surface area contributed by atoms with E-state index in [1.165, 1.54) is 29.5 Å². The predicted octanol–water partition coefficient (Wildman–Crippen LogP) is 4.72. The summed E-state index contributed by atoms with van der Waals surface area (Å²) in [6.45, 7) is -1.12. The first-order valence-electron chi connectivity index (χ1n) is 8.73. The number of hydrogen-bond donors (Lipinski definition) is 1. The molecule has 30 heavy (non-hydrogen) atoms. The average molecular weight is 452 g/mol. The van der Waals surface area contributed by atoms with Crippen LogP contribution in [-0.2, 0) is 11.2 Å². The summed E-state index contributed by atoms with van der Waals surface area (Å²) < 4.78 is 29.6. The summed E-state index contributed by atoms with van der Waals surface area (Å²) in [4.78, 5) is 24.2. The van der Waals surface area contributed by atoms with Gasteiger partial charge in [0.2, 0.25) is 5.91 Å². The zero-order valence-electron chi connectivity index (χ0n) is 15.7. The number of carbonyl (C=O) groups is 2. The minimum atomic E-state index is -3.08. The summed E-state index contributed by atoms with van der Waals surface area (Å²) in [6, 6.07) is 11.5. The quantitative estimate of drug-likeness (QED) is 0.396. The number of ether oxygens (including phenoxy) is 1. The van der Waals surface area contributed by atoms with E-state index in [0.29, 0.717) is 10.0 Å². The van der Waals surface area contributed by atoms with Gasteiger partial charge in [0.1, 0.15) is 21.6 Å². The number of halogens is 3. The number of aromatic nitrogens is 2. The van der Waals surface area contributed by atoms with E-state index in [4.69, 9.17) is 11.6 Å². The van der Waals surface area contributed by atoms with Crippen molar-refractivity contribution in [3.8, 4) is 16.3 Å².